The second kappa shape index (κ2) is 14.4. The summed E-state index contributed by atoms with van der Waals surface area (Å²) in [6.45, 7) is 4.38. The molecule has 0 radical (unpaired) electrons. The number of carbonyl (C=O) groups excluding carboxylic acids is 2. The molecule has 0 saturated carbocycles. The van der Waals surface area contributed by atoms with E-state index in [2.05, 4.69) is 45.1 Å². The van der Waals surface area contributed by atoms with Gasteiger partial charge < -0.3 is 20.1 Å². The fourth-order valence-corrected chi connectivity index (χ4v) is 6.87. The number of hydrogen-bond donors (Lipinski definition) is 2. The van der Waals surface area contributed by atoms with Crippen LogP contribution in [0, 0.1) is 5.92 Å². The van der Waals surface area contributed by atoms with Gasteiger partial charge in [-0.05, 0) is 45.7 Å². The smallest absolute Gasteiger partial charge is 0.408 e. The summed E-state index contributed by atoms with van der Waals surface area (Å²) in [4.78, 5) is 26.0. The number of fused-ring (bicyclic) bond motifs is 3. The Balaban J connectivity index is 1.15. The van der Waals surface area contributed by atoms with Gasteiger partial charge in [0, 0.05) is 5.92 Å². The van der Waals surface area contributed by atoms with E-state index in [1.807, 2.05) is 98.8 Å². The molecule has 234 valence electrons. The molecule has 9 heteroatoms. The summed E-state index contributed by atoms with van der Waals surface area (Å²) >= 11 is 1.36. The van der Waals surface area contributed by atoms with Crippen molar-refractivity contribution in [3.8, 4) is 11.1 Å². The number of rotatable bonds is 11. The lowest BCUT2D eigenvalue weighted by Crippen LogP contribution is -2.32. The Morgan fingerprint density at radius 3 is 1.87 bits per heavy atom. The Morgan fingerprint density at radius 2 is 1.24 bits per heavy atom. The van der Waals surface area contributed by atoms with E-state index in [9.17, 15) is 9.59 Å². The molecule has 0 bridgehead atoms. The molecule has 4 aromatic carbocycles. The molecule has 2 N–H and O–H groups in total. The predicted octanol–water partition coefficient (Wildman–Crippen LogP) is 7.98. The number of benzene rings is 4. The highest BCUT2D eigenvalue weighted by molar-refractivity contribution is 7.11. The molecular weight excluding hydrogens is 596 g/mol. The molecule has 1 aliphatic carbocycles. The average molecular weight is 633 g/mol. The van der Waals surface area contributed by atoms with E-state index in [-0.39, 0.29) is 25.0 Å². The maximum atomic E-state index is 13.3. The van der Waals surface area contributed by atoms with Crippen LogP contribution in [-0.2, 0) is 22.5 Å². The molecule has 0 unspecified atom stereocenters. The van der Waals surface area contributed by atoms with Gasteiger partial charge in [0.05, 0.1) is 12.1 Å². The molecule has 1 aliphatic rings. The van der Waals surface area contributed by atoms with Crippen LogP contribution in [0.5, 0.6) is 0 Å². The summed E-state index contributed by atoms with van der Waals surface area (Å²) < 4.78 is 11.3. The zero-order chi connectivity index (χ0) is 31.9. The standard InChI is InChI=1S/C37H36N4O4S/c1-24(2)33(39-37(43)44-22-26-15-7-4-8-16-26)35-41-40-34(46-35)32(21-25-13-5-3-6-14-25)38-36(42)45-23-31-29-19-11-9-17-27(29)28-18-10-12-20-30(28)31/h3-20,24,31-33H,21-23H2,1-2H3,(H,38,42)(H,39,43)/t32-,33-/m0/s1. The van der Waals surface area contributed by atoms with Gasteiger partial charge in [-0.15, -0.1) is 10.2 Å². The summed E-state index contributed by atoms with van der Waals surface area (Å²) in [5.74, 6) is -0.0221. The second-order valence-electron chi connectivity index (χ2n) is 11.6. The summed E-state index contributed by atoms with van der Waals surface area (Å²) in [6.07, 6.45) is -0.557. The van der Waals surface area contributed by atoms with Crippen molar-refractivity contribution in [1.29, 1.82) is 0 Å². The first-order chi connectivity index (χ1) is 22.5. The third-order valence-electron chi connectivity index (χ3n) is 8.09. The van der Waals surface area contributed by atoms with Crippen LogP contribution in [0.4, 0.5) is 9.59 Å². The van der Waals surface area contributed by atoms with E-state index in [0.717, 1.165) is 22.3 Å². The Labute approximate surface area is 272 Å². The third-order valence-corrected chi connectivity index (χ3v) is 9.21. The van der Waals surface area contributed by atoms with Crippen molar-refractivity contribution in [3.63, 3.8) is 0 Å². The first-order valence-electron chi connectivity index (χ1n) is 15.4. The lowest BCUT2D eigenvalue weighted by atomic mass is 9.98. The van der Waals surface area contributed by atoms with Crippen molar-refractivity contribution in [3.05, 3.63) is 141 Å². The van der Waals surface area contributed by atoms with Crippen LogP contribution >= 0.6 is 11.3 Å². The van der Waals surface area contributed by atoms with Crippen LogP contribution in [0.25, 0.3) is 11.1 Å². The molecule has 2 amide bonds. The van der Waals surface area contributed by atoms with Crippen molar-refractivity contribution in [1.82, 2.24) is 20.8 Å². The summed E-state index contributed by atoms with van der Waals surface area (Å²) in [5, 5.41) is 16.2. The van der Waals surface area contributed by atoms with Gasteiger partial charge in [0.1, 0.15) is 23.2 Å². The van der Waals surface area contributed by atoms with E-state index in [0.29, 0.717) is 16.4 Å². The number of ether oxygens (including phenoxy) is 2. The van der Waals surface area contributed by atoms with Gasteiger partial charge in [-0.1, -0.05) is 134 Å². The minimum Gasteiger partial charge on any atom is -0.449 e. The third kappa shape index (κ3) is 7.26. The van der Waals surface area contributed by atoms with Crippen LogP contribution in [0.2, 0.25) is 0 Å². The molecule has 2 atom stereocenters. The Morgan fingerprint density at radius 1 is 0.696 bits per heavy atom. The topological polar surface area (TPSA) is 102 Å². The van der Waals surface area contributed by atoms with E-state index in [1.165, 1.54) is 22.5 Å². The predicted molar refractivity (Wildman–Crippen MR) is 178 cm³/mol. The van der Waals surface area contributed by atoms with Gasteiger partial charge in [-0.25, -0.2) is 9.59 Å². The second-order valence-corrected chi connectivity index (χ2v) is 12.7. The Hall–Kier alpha value is -5.02. The molecule has 1 heterocycles. The van der Waals surface area contributed by atoms with Crippen molar-refractivity contribution < 1.29 is 19.1 Å². The fourth-order valence-electron chi connectivity index (χ4n) is 5.75. The normalized spacial score (nSPS) is 13.4. The van der Waals surface area contributed by atoms with Gasteiger partial charge >= 0.3 is 12.2 Å². The zero-order valence-electron chi connectivity index (χ0n) is 25.8. The molecule has 0 aliphatic heterocycles. The van der Waals surface area contributed by atoms with Gasteiger partial charge in [0.25, 0.3) is 0 Å². The number of aromatic nitrogens is 2. The first-order valence-corrected chi connectivity index (χ1v) is 16.2. The molecule has 0 spiro atoms. The number of amides is 2. The monoisotopic (exact) mass is 632 g/mol. The van der Waals surface area contributed by atoms with Crippen LogP contribution in [0.3, 0.4) is 0 Å². The van der Waals surface area contributed by atoms with Gasteiger partial charge in [0.15, 0.2) is 0 Å². The minimum atomic E-state index is -0.531. The van der Waals surface area contributed by atoms with Gasteiger partial charge in [0.2, 0.25) is 0 Å². The maximum Gasteiger partial charge on any atom is 0.408 e. The summed E-state index contributed by atoms with van der Waals surface area (Å²) in [7, 11) is 0. The van der Waals surface area contributed by atoms with Crippen LogP contribution in [-0.4, -0.2) is 29.0 Å². The highest BCUT2D eigenvalue weighted by Crippen LogP contribution is 2.44. The van der Waals surface area contributed by atoms with E-state index in [1.54, 1.807) is 0 Å². The van der Waals surface area contributed by atoms with Crippen LogP contribution in [0.1, 0.15) is 64.1 Å². The lowest BCUT2D eigenvalue weighted by molar-refractivity contribution is 0.132. The number of nitrogens with zero attached hydrogens (tertiary/aromatic N) is 2. The summed E-state index contributed by atoms with van der Waals surface area (Å²) in [5.41, 5.74) is 6.59. The SMILES string of the molecule is CC(C)[C@H](NC(=O)OCc1ccccc1)c1nnc([C@H](Cc2ccccc2)NC(=O)OCC2c3ccccc3-c3ccccc32)s1. The molecule has 8 nitrogen and oxygen atoms in total. The van der Waals surface area contributed by atoms with E-state index < -0.39 is 24.3 Å². The number of nitrogens with one attached hydrogen (secondary N) is 2. The van der Waals surface area contributed by atoms with Crippen LogP contribution < -0.4 is 10.6 Å². The molecule has 1 aromatic heterocycles. The van der Waals surface area contributed by atoms with E-state index >= 15 is 0 Å². The highest BCUT2D eigenvalue weighted by Gasteiger charge is 2.30. The average Bonchev–Trinajstić information content (AvgIpc) is 3.69. The Kier molecular flexibility index (Phi) is 9.69. The van der Waals surface area contributed by atoms with Gasteiger partial charge in [-0.3, -0.25) is 0 Å². The minimum absolute atomic E-state index is 0.0211. The molecule has 0 fully saturated rings. The molecule has 0 saturated heterocycles. The molecular formula is C37H36N4O4S. The summed E-state index contributed by atoms with van der Waals surface area (Å²) in [6, 6.07) is 35.0. The highest BCUT2D eigenvalue weighted by atomic mass is 32.1. The van der Waals surface area contributed by atoms with Crippen molar-refractivity contribution in [2.24, 2.45) is 5.92 Å². The number of hydrogen-bond acceptors (Lipinski definition) is 7. The fraction of sp³-hybridized carbons (Fsp3) is 0.243. The largest absolute Gasteiger partial charge is 0.449 e. The first kappa shape index (κ1) is 31.0. The Bertz CT molecular complexity index is 1730. The van der Waals surface area contributed by atoms with Crippen molar-refractivity contribution in [2.75, 3.05) is 6.61 Å². The van der Waals surface area contributed by atoms with E-state index in [4.69, 9.17) is 9.47 Å². The zero-order valence-corrected chi connectivity index (χ0v) is 26.6. The van der Waals surface area contributed by atoms with Crippen molar-refractivity contribution >= 4 is 23.5 Å². The number of carbonyl (C=O) groups is 2. The van der Waals surface area contributed by atoms with Crippen molar-refractivity contribution in [2.45, 2.75) is 44.9 Å². The molecule has 5 aromatic rings. The molecule has 46 heavy (non-hydrogen) atoms. The number of alkyl carbamates (subject to hydrolysis) is 2. The quantitative estimate of drug-likeness (QED) is 0.153. The van der Waals surface area contributed by atoms with Gasteiger partial charge in [-0.2, -0.15) is 0 Å². The lowest BCUT2D eigenvalue weighted by Gasteiger charge is -2.20. The van der Waals surface area contributed by atoms with Crippen LogP contribution in [0.15, 0.2) is 109 Å². The molecule has 6 rings (SSSR count). The maximum absolute atomic E-state index is 13.3.